The van der Waals surface area contributed by atoms with Gasteiger partial charge in [0.2, 0.25) is 0 Å². The Kier molecular flexibility index (Phi) is 6.58. The average molecular weight is 241 g/mol. The van der Waals surface area contributed by atoms with Crippen molar-refractivity contribution in [3.8, 4) is 5.75 Å². The van der Waals surface area contributed by atoms with Crippen molar-refractivity contribution < 1.29 is 14.2 Å². The molecule has 2 N–H and O–H groups in total. The first-order valence-corrected chi connectivity index (χ1v) is 6.00. The summed E-state index contributed by atoms with van der Waals surface area (Å²) in [7, 11) is 0. The Morgan fingerprint density at radius 1 is 1.29 bits per heavy atom. The molecule has 0 aliphatic carbocycles. The minimum atomic E-state index is -0.280. The van der Waals surface area contributed by atoms with Gasteiger partial charge in [0.05, 0.1) is 6.61 Å². The van der Waals surface area contributed by atoms with Crippen molar-refractivity contribution in [2.45, 2.75) is 26.3 Å². The quantitative estimate of drug-likeness (QED) is 0.685. The van der Waals surface area contributed by atoms with Gasteiger partial charge in [-0.3, -0.25) is 0 Å². The third-order valence-electron chi connectivity index (χ3n) is 2.33. The lowest BCUT2D eigenvalue weighted by atomic mass is 10.2. The highest BCUT2D eigenvalue weighted by molar-refractivity contribution is 5.29. The molecule has 0 aromatic heterocycles. The molecule has 0 saturated carbocycles. The van der Waals surface area contributed by atoms with Gasteiger partial charge in [-0.1, -0.05) is 6.92 Å². The van der Waals surface area contributed by atoms with E-state index < -0.39 is 0 Å². The van der Waals surface area contributed by atoms with Crippen LogP contribution in [-0.2, 0) is 6.54 Å². The van der Waals surface area contributed by atoms with Crippen molar-refractivity contribution in [3.63, 3.8) is 0 Å². The van der Waals surface area contributed by atoms with Crippen LogP contribution >= 0.6 is 0 Å². The fraction of sp³-hybridized carbons (Fsp3) is 0.538. The second kappa shape index (κ2) is 8.03. The molecular formula is C13H20FNO2. The number of halogens is 1. The number of benzene rings is 1. The van der Waals surface area contributed by atoms with Gasteiger partial charge in [0.15, 0.2) is 0 Å². The monoisotopic (exact) mass is 241 g/mol. The van der Waals surface area contributed by atoms with E-state index in [1.807, 2.05) is 13.0 Å². The lowest BCUT2D eigenvalue weighted by Crippen LogP contribution is -2.12. The molecule has 0 aliphatic rings. The van der Waals surface area contributed by atoms with Crippen LogP contribution in [-0.4, -0.2) is 24.9 Å². The molecular weight excluding hydrogens is 221 g/mol. The topological polar surface area (TPSA) is 41.5 Å². The molecule has 0 radical (unpaired) electrons. The van der Waals surface area contributed by atoms with Crippen molar-refractivity contribution in [2.75, 3.05) is 19.8 Å². The second-order valence-electron chi connectivity index (χ2n) is 3.85. The SMILES string of the molecule is CCNCc1cc(F)cc(OCCCCO)c1. The Bertz CT molecular complexity index is 331. The Morgan fingerprint density at radius 2 is 2.12 bits per heavy atom. The van der Waals surface area contributed by atoms with Crippen LogP contribution in [0.4, 0.5) is 4.39 Å². The normalized spacial score (nSPS) is 10.5. The second-order valence-corrected chi connectivity index (χ2v) is 3.85. The van der Waals surface area contributed by atoms with E-state index in [0.29, 0.717) is 25.3 Å². The van der Waals surface area contributed by atoms with Gasteiger partial charge in [-0.15, -0.1) is 0 Å². The maximum Gasteiger partial charge on any atom is 0.127 e. The molecule has 3 nitrogen and oxygen atoms in total. The molecule has 1 aromatic rings. The van der Waals surface area contributed by atoms with E-state index in [-0.39, 0.29) is 12.4 Å². The highest BCUT2D eigenvalue weighted by Crippen LogP contribution is 2.16. The fourth-order valence-corrected chi connectivity index (χ4v) is 1.48. The van der Waals surface area contributed by atoms with Crippen molar-refractivity contribution >= 4 is 0 Å². The largest absolute Gasteiger partial charge is 0.493 e. The number of rotatable bonds is 8. The van der Waals surface area contributed by atoms with Crippen LogP contribution in [0.15, 0.2) is 18.2 Å². The summed E-state index contributed by atoms with van der Waals surface area (Å²) >= 11 is 0. The van der Waals surface area contributed by atoms with Crippen LogP contribution in [0.3, 0.4) is 0 Å². The first-order chi connectivity index (χ1) is 8.26. The van der Waals surface area contributed by atoms with E-state index >= 15 is 0 Å². The summed E-state index contributed by atoms with van der Waals surface area (Å²) in [6, 6.07) is 4.72. The third kappa shape index (κ3) is 5.65. The third-order valence-corrected chi connectivity index (χ3v) is 2.33. The number of unbranched alkanes of at least 4 members (excludes halogenated alkanes) is 1. The van der Waals surface area contributed by atoms with Gasteiger partial charge in [0.25, 0.3) is 0 Å². The molecule has 96 valence electrons. The Hall–Kier alpha value is -1.13. The zero-order valence-corrected chi connectivity index (χ0v) is 10.2. The smallest absolute Gasteiger partial charge is 0.127 e. The van der Waals surface area contributed by atoms with E-state index in [0.717, 1.165) is 18.5 Å². The van der Waals surface area contributed by atoms with Gasteiger partial charge in [-0.25, -0.2) is 4.39 Å². The zero-order chi connectivity index (χ0) is 12.5. The number of nitrogens with one attached hydrogen (secondary N) is 1. The number of hydrogen-bond donors (Lipinski definition) is 2. The molecule has 0 spiro atoms. The Labute approximate surface area is 102 Å². The summed E-state index contributed by atoms with van der Waals surface area (Å²) in [5, 5.41) is 11.8. The highest BCUT2D eigenvalue weighted by atomic mass is 19.1. The maximum atomic E-state index is 13.3. The maximum absolute atomic E-state index is 13.3. The van der Waals surface area contributed by atoms with Gasteiger partial charge in [-0.05, 0) is 37.1 Å². The molecule has 0 bridgehead atoms. The minimum absolute atomic E-state index is 0.165. The zero-order valence-electron chi connectivity index (χ0n) is 10.2. The first kappa shape index (κ1) is 13.9. The van der Waals surface area contributed by atoms with Gasteiger partial charge < -0.3 is 15.2 Å². The van der Waals surface area contributed by atoms with Crippen molar-refractivity contribution in [2.24, 2.45) is 0 Å². The van der Waals surface area contributed by atoms with Crippen LogP contribution in [0.2, 0.25) is 0 Å². The summed E-state index contributed by atoms with van der Waals surface area (Å²) in [5.74, 6) is 0.272. The van der Waals surface area contributed by atoms with Crippen LogP contribution in [0.5, 0.6) is 5.75 Å². The van der Waals surface area contributed by atoms with Gasteiger partial charge in [-0.2, -0.15) is 0 Å². The molecule has 1 aromatic carbocycles. The van der Waals surface area contributed by atoms with Crippen LogP contribution in [0.1, 0.15) is 25.3 Å². The van der Waals surface area contributed by atoms with Crippen LogP contribution in [0, 0.1) is 5.82 Å². The summed E-state index contributed by atoms with van der Waals surface area (Å²) in [6.07, 6.45) is 1.48. The lowest BCUT2D eigenvalue weighted by Gasteiger charge is -2.08. The number of hydrogen-bond acceptors (Lipinski definition) is 3. The summed E-state index contributed by atoms with van der Waals surface area (Å²) in [5.41, 5.74) is 0.879. The molecule has 0 atom stereocenters. The average Bonchev–Trinajstić information content (AvgIpc) is 2.31. The molecule has 0 amide bonds. The van der Waals surface area contributed by atoms with Crippen LogP contribution in [0.25, 0.3) is 0 Å². The van der Waals surface area contributed by atoms with E-state index in [4.69, 9.17) is 9.84 Å². The molecule has 0 heterocycles. The highest BCUT2D eigenvalue weighted by Gasteiger charge is 2.01. The van der Waals surface area contributed by atoms with E-state index in [9.17, 15) is 4.39 Å². The van der Waals surface area contributed by atoms with Crippen molar-refractivity contribution in [1.82, 2.24) is 5.32 Å². The van der Waals surface area contributed by atoms with Crippen LogP contribution < -0.4 is 10.1 Å². The lowest BCUT2D eigenvalue weighted by molar-refractivity contribution is 0.252. The van der Waals surface area contributed by atoms with E-state index in [2.05, 4.69) is 5.32 Å². The molecule has 0 saturated heterocycles. The molecule has 0 unspecified atom stereocenters. The minimum Gasteiger partial charge on any atom is -0.493 e. The molecule has 1 rings (SSSR count). The molecule has 17 heavy (non-hydrogen) atoms. The predicted molar refractivity (Wildman–Crippen MR) is 65.6 cm³/mol. The van der Waals surface area contributed by atoms with E-state index in [1.54, 1.807) is 0 Å². The number of ether oxygens (including phenoxy) is 1. The molecule has 4 heteroatoms. The number of aliphatic hydroxyl groups excluding tert-OH is 1. The van der Waals surface area contributed by atoms with Gasteiger partial charge in [0.1, 0.15) is 11.6 Å². The first-order valence-electron chi connectivity index (χ1n) is 6.00. The van der Waals surface area contributed by atoms with Crippen molar-refractivity contribution in [3.05, 3.63) is 29.6 Å². The summed E-state index contributed by atoms with van der Waals surface area (Å²) < 4.78 is 18.7. The predicted octanol–water partition coefficient (Wildman–Crippen LogP) is 2.09. The Balaban J connectivity index is 2.50. The van der Waals surface area contributed by atoms with E-state index in [1.165, 1.54) is 12.1 Å². The van der Waals surface area contributed by atoms with Gasteiger partial charge >= 0.3 is 0 Å². The standard InChI is InChI=1S/C13H20FNO2/c1-2-15-10-11-7-12(14)9-13(8-11)17-6-4-3-5-16/h7-9,15-16H,2-6,10H2,1H3. The van der Waals surface area contributed by atoms with Gasteiger partial charge in [0, 0.05) is 19.2 Å². The summed E-state index contributed by atoms with van der Waals surface area (Å²) in [4.78, 5) is 0. The fourth-order valence-electron chi connectivity index (χ4n) is 1.48. The Morgan fingerprint density at radius 3 is 2.82 bits per heavy atom. The summed E-state index contributed by atoms with van der Waals surface area (Å²) in [6.45, 7) is 4.17. The molecule has 0 aliphatic heterocycles. The number of aliphatic hydroxyl groups is 1. The van der Waals surface area contributed by atoms with Crippen molar-refractivity contribution in [1.29, 1.82) is 0 Å². The molecule has 0 fully saturated rings.